The molecule has 0 aromatic heterocycles. The lowest BCUT2D eigenvalue weighted by Gasteiger charge is -2.34. The van der Waals surface area contributed by atoms with Gasteiger partial charge in [-0.1, -0.05) is 527 Å². The Balaban J connectivity index is 0.000000110. The maximum Gasteiger partial charge on any atom is 0.0714 e. The normalized spacial score (nSPS) is 13.1. The molecule has 24 aromatic rings. The minimum Gasteiger partial charge on any atom is -0.0622 e. The topological polar surface area (TPSA) is 0 Å². The first-order chi connectivity index (χ1) is 68.2. The third kappa shape index (κ3) is 13.5. The lowest BCUT2D eigenvalue weighted by Crippen LogP contribution is -2.28. The van der Waals surface area contributed by atoms with Crippen LogP contribution in [0.3, 0.4) is 0 Å². The second-order valence-corrected chi connectivity index (χ2v) is 39.2. The summed E-state index contributed by atoms with van der Waals surface area (Å²) in [5, 5.41) is 15.2. The van der Waals surface area contributed by atoms with Gasteiger partial charge in [-0.2, -0.15) is 0 Å². The van der Waals surface area contributed by atoms with Crippen LogP contribution in [0.25, 0.3) is 165 Å². The van der Waals surface area contributed by atoms with E-state index in [2.05, 4.69) is 576 Å². The van der Waals surface area contributed by atoms with Crippen LogP contribution in [0.2, 0.25) is 0 Å². The lowest BCUT2D eigenvalue weighted by molar-refractivity contribution is 0.768. The Labute approximate surface area is 829 Å². The number of hydrogen-bond acceptors (Lipinski definition) is 0. The smallest absolute Gasteiger partial charge is 0.0622 e. The molecule has 648 valence electrons. The molecular formula is C135H87Br3. The first kappa shape index (κ1) is 84.1. The second kappa shape index (κ2) is 34.9. The number of halogens is 3. The predicted molar refractivity (Wildman–Crippen MR) is 592 cm³/mol. The highest BCUT2D eigenvalue weighted by atomic mass is 79.9. The fourth-order valence-electron chi connectivity index (χ4n) is 24.0. The molecule has 0 unspecified atom stereocenters. The van der Waals surface area contributed by atoms with Crippen LogP contribution in [0.1, 0.15) is 66.8 Å². The molecule has 0 bridgehead atoms. The molecule has 3 aliphatic carbocycles. The highest BCUT2D eigenvalue weighted by molar-refractivity contribution is 9.11. The Morgan fingerprint density at radius 3 is 0.616 bits per heavy atom. The van der Waals surface area contributed by atoms with Crippen LogP contribution in [0.15, 0.2) is 541 Å². The van der Waals surface area contributed by atoms with E-state index in [0.29, 0.717) is 0 Å². The molecule has 0 heterocycles. The molecule has 0 radical (unpaired) electrons. The van der Waals surface area contributed by atoms with Crippen molar-refractivity contribution in [3.8, 4) is 100 Å². The van der Waals surface area contributed by atoms with Crippen LogP contribution < -0.4 is 0 Å². The van der Waals surface area contributed by atoms with E-state index < -0.39 is 16.2 Å². The fraction of sp³-hybridized carbons (Fsp3) is 0.0222. The first-order valence-electron chi connectivity index (χ1n) is 47.4. The Kier molecular flexibility index (Phi) is 21.2. The Morgan fingerprint density at radius 2 is 0.319 bits per heavy atom. The van der Waals surface area contributed by atoms with Gasteiger partial charge in [-0.25, -0.2) is 0 Å². The van der Waals surface area contributed by atoms with Crippen LogP contribution in [0, 0.1) is 0 Å². The van der Waals surface area contributed by atoms with Crippen molar-refractivity contribution in [2.24, 2.45) is 0 Å². The third-order valence-electron chi connectivity index (χ3n) is 29.4. The summed E-state index contributed by atoms with van der Waals surface area (Å²) in [7, 11) is 0. The van der Waals surface area contributed by atoms with Crippen LogP contribution in [-0.4, -0.2) is 0 Å². The highest BCUT2D eigenvalue weighted by Crippen LogP contribution is 2.62. The molecule has 0 saturated carbocycles. The summed E-state index contributed by atoms with van der Waals surface area (Å²) in [5.41, 5.74) is 37.0. The molecule has 0 amide bonds. The lowest BCUT2D eigenvalue weighted by atomic mass is 9.67. The predicted octanol–water partition coefficient (Wildman–Crippen LogP) is 37.4. The van der Waals surface area contributed by atoms with E-state index in [1.807, 2.05) is 0 Å². The van der Waals surface area contributed by atoms with E-state index in [-0.39, 0.29) is 0 Å². The summed E-state index contributed by atoms with van der Waals surface area (Å²) < 4.78 is 3.24. The van der Waals surface area contributed by atoms with E-state index in [1.54, 1.807) is 0 Å². The van der Waals surface area contributed by atoms with Gasteiger partial charge in [-0.15, -0.1) is 0 Å². The van der Waals surface area contributed by atoms with Gasteiger partial charge in [0.05, 0.1) is 16.2 Å². The highest BCUT2D eigenvalue weighted by Gasteiger charge is 2.50. The first-order valence-corrected chi connectivity index (χ1v) is 49.8. The summed E-state index contributed by atoms with van der Waals surface area (Å²) in [5.74, 6) is 0. The van der Waals surface area contributed by atoms with Crippen molar-refractivity contribution in [2.75, 3.05) is 0 Å². The zero-order valence-electron chi connectivity index (χ0n) is 75.4. The fourth-order valence-corrected chi connectivity index (χ4v) is 25.0. The van der Waals surface area contributed by atoms with Crippen LogP contribution >= 0.6 is 47.8 Å². The van der Waals surface area contributed by atoms with Gasteiger partial charge in [0.1, 0.15) is 0 Å². The van der Waals surface area contributed by atoms with E-state index in [0.717, 1.165) is 13.4 Å². The summed E-state index contributed by atoms with van der Waals surface area (Å²) in [6.45, 7) is 0. The van der Waals surface area contributed by atoms with Crippen LogP contribution in [-0.2, 0) is 16.2 Å². The van der Waals surface area contributed by atoms with Crippen molar-refractivity contribution in [2.45, 2.75) is 16.2 Å². The zero-order chi connectivity index (χ0) is 92.0. The van der Waals surface area contributed by atoms with Crippen LogP contribution in [0.4, 0.5) is 0 Å². The molecule has 0 atom stereocenters. The van der Waals surface area contributed by atoms with E-state index in [9.17, 15) is 0 Å². The number of fused-ring (bicyclic) bond motifs is 15. The molecule has 0 N–H and O–H groups in total. The van der Waals surface area contributed by atoms with Gasteiger partial charge < -0.3 is 0 Å². The van der Waals surface area contributed by atoms with Gasteiger partial charge in [0.2, 0.25) is 0 Å². The Morgan fingerprint density at radius 1 is 0.116 bits per heavy atom. The molecule has 24 aromatic carbocycles. The summed E-state index contributed by atoms with van der Waals surface area (Å²) >= 11 is 11.3. The van der Waals surface area contributed by atoms with E-state index in [1.165, 1.54) is 232 Å². The summed E-state index contributed by atoms with van der Waals surface area (Å²) in [4.78, 5) is 0. The van der Waals surface area contributed by atoms with E-state index in [4.69, 9.17) is 0 Å². The minimum atomic E-state index is -0.488. The van der Waals surface area contributed by atoms with Gasteiger partial charge in [0.25, 0.3) is 0 Å². The van der Waals surface area contributed by atoms with E-state index >= 15 is 0 Å². The quantitative estimate of drug-likeness (QED) is 0.107. The average molecular weight is 1950 g/mol. The molecular weight excluding hydrogens is 1860 g/mol. The third-order valence-corrected chi connectivity index (χ3v) is 30.9. The van der Waals surface area contributed by atoms with Crippen molar-refractivity contribution in [1.82, 2.24) is 0 Å². The molecule has 27 rings (SSSR count). The van der Waals surface area contributed by atoms with Gasteiger partial charge in [0, 0.05) is 13.4 Å². The molecule has 3 heteroatoms. The number of rotatable bonds is 12. The molecule has 3 aliphatic rings. The molecule has 0 saturated heterocycles. The Hall–Kier alpha value is -15.7. The number of hydrogen-bond donors (Lipinski definition) is 0. The van der Waals surface area contributed by atoms with Crippen molar-refractivity contribution in [3.63, 3.8) is 0 Å². The zero-order valence-corrected chi connectivity index (χ0v) is 80.1. The number of benzene rings is 24. The minimum absolute atomic E-state index is 0.434. The second-order valence-electron chi connectivity index (χ2n) is 36.4. The maximum atomic E-state index is 3.83. The monoisotopic (exact) mass is 1940 g/mol. The molecule has 138 heavy (non-hydrogen) atoms. The van der Waals surface area contributed by atoms with Crippen molar-refractivity contribution in [1.29, 1.82) is 0 Å². The van der Waals surface area contributed by atoms with Crippen molar-refractivity contribution >= 4 is 112 Å². The standard InChI is InChI=1S/3C45H29Br/c46-34-19-13-18-32(28-34)45(41-24-11-9-20-35(41)36-21-10-12-25-42(36)45)33-26-27-39-40(29-33)44(31-16-5-2-6-17-31)38-23-8-7-22-37(38)43(39)30-14-3-1-4-15-30;46-34-16-12-15-33(29-34)45(41-23-10-8-17-35(41)36-18-9-11-24-42(36)45)32-27-25-31(26-28-32)44-39-21-6-4-19-37(39)43(30-13-2-1-3-14-30)38-20-5-7-22-40(38)44;46-34-27-25-32(26-28-34)45(41-23-10-8-17-35(41)36-18-9-11-24-42(36)45)33-16-12-15-31(29-33)44-39-21-6-4-19-37(39)43(30-13-2-1-3-14-30)38-20-5-7-22-40(38)44/h3*1-29H. The molecule has 0 aliphatic heterocycles. The van der Waals surface area contributed by atoms with Gasteiger partial charge >= 0.3 is 0 Å². The SMILES string of the molecule is Brc1ccc(C2(c3cccc(-c4c5ccccc5c(-c5ccccc5)c5ccccc45)c3)c3ccccc3-c3ccccc32)cc1.Brc1cccc(C2(c3ccc(-c4c5ccccc5c(-c5ccccc5)c5ccccc45)cc3)c3ccccc3-c3ccccc32)c1.Brc1cccc(C2(c3ccc4c(-c5ccccc5)c5ccccc5c(-c5ccccc5)c4c3)c3ccccc3-c3ccccc32)c1. The van der Waals surface area contributed by atoms with Gasteiger partial charge in [-0.05, 0) is 280 Å². The largest absolute Gasteiger partial charge is 0.0714 e. The van der Waals surface area contributed by atoms with Crippen LogP contribution in [0.5, 0.6) is 0 Å². The maximum absolute atomic E-state index is 3.83. The molecule has 0 nitrogen and oxygen atoms in total. The molecule has 0 spiro atoms. The summed E-state index contributed by atoms with van der Waals surface area (Å²) in [6.07, 6.45) is 0. The van der Waals surface area contributed by atoms with Gasteiger partial charge in [-0.3, -0.25) is 0 Å². The van der Waals surface area contributed by atoms with Gasteiger partial charge in [0.15, 0.2) is 0 Å². The van der Waals surface area contributed by atoms with Crippen molar-refractivity contribution in [3.05, 3.63) is 608 Å². The Bertz CT molecular complexity index is 8660. The molecule has 0 fully saturated rings. The summed E-state index contributed by atoms with van der Waals surface area (Å²) in [6, 6.07) is 194. The van der Waals surface area contributed by atoms with Crippen molar-refractivity contribution < 1.29 is 0 Å². The average Bonchev–Trinajstić information content (AvgIpc) is 1.48.